The molecule has 0 unspecified atom stereocenters. The Labute approximate surface area is 166 Å². The molecule has 0 aliphatic heterocycles. The molecular formula is C14H30O2S6. The van der Waals surface area contributed by atoms with Gasteiger partial charge < -0.3 is 9.47 Å². The molecule has 0 aliphatic rings. The molecule has 0 heterocycles. The maximum absolute atomic E-state index is 5.19. The van der Waals surface area contributed by atoms with Crippen molar-refractivity contribution in [3.63, 3.8) is 0 Å². The summed E-state index contributed by atoms with van der Waals surface area (Å²) in [6, 6.07) is 0. The molecule has 0 radical (unpaired) electrons. The molecule has 0 bridgehead atoms. The maximum Gasteiger partial charge on any atom is 0.219 e. The van der Waals surface area contributed by atoms with E-state index in [9.17, 15) is 0 Å². The van der Waals surface area contributed by atoms with Crippen molar-refractivity contribution in [2.75, 3.05) is 24.7 Å². The van der Waals surface area contributed by atoms with Crippen LogP contribution in [0.4, 0.5) is 0 Å². The predicted octanol–water partition coefficient (Wildman–Crippen LogP) is 6.44. The summed E-state index contributed by atoms with van der Waals surface area (Å²) >= 11 is 19.5. The van der Waals surface area contributed by atoms with Crippen LogP contribution in [-0.4, -0.2) is 33.5 Å². The minimum absolute atomic E-state index is 0.698. The van der Waals surface area contributed by atoms with Gasteiger partial charge >= 0.3 is 0 Å². The second-order valence-electron chi connectivity index (χ2n) is 3.89. The summed E-state index contributed by atoms with van der Waals surface area (Å²) in [6.45, 7) is 9.94. The van der Waals surface area contributed by atoms with E-state index in [2.05, 4.69) is 51.0 Å². The van der Waals surface area contributed by atoms with E-state index in [0.717, 1.165) is 50.4 Å². The van der Waals surface area contributed by atoms with Crippen LogP contribution in [0.5, 0.6) is 0 Å². The first-order chi connectivity index (χ1) is 10.6. The lowest BCUT2D eigenvalue weighted by Gasteiger charge is -2.03. The highest BCUT2D eigenvalue weighted by atomic mass is 33.1. The van der Waals surface area contributed by atoms with E-state index in [4.69, 9.17) is 33.9 Å². The predicted molar refractivity (Wildman–Crippen MR) is 121 cm³/mol. The van der Waals surface area contributed by atoms with Gasteiger partial charge in [0.25, 0.3) is 0 Å². The van der Waals surface area contributed by atoms with Crippen LogP contribution >= 0.6 is 71.3 Å². The molecule has 0 atom stereocenters. The van der Waals surface area contributed by atoms with Crippen LogP contribution in [0, 0.1) is 0 Å². The number of thioether (sulfide) groups is 2. The quantitative estimate of drug-likeness (QED) is 0.264. The summed E-state index contributed by atoms with van der Waals surface area (Å²) < 4.78 is 11.8. The minimum Gasteiger partial charge on any atom is -0.479 e. The Morgan fingerprint density at radius 3 is 1.27 bits per heavy atom. The molecule has 0 amide bonds. The lowest BCUT2D eigenvalue weighted by molar-refractivity contribution is 0.322. The largest absolute Gasteiger partial charge is 0.479 e. The van der Waals surface area contributed by atoms with Gasteiger partial charge in [-0.15, -0.1) is 23.3 Å². The van der Waals surface area contributed by atoms with Crippen LogP contribution in [0.2, 0.25) is 0 Å². The first-order valence-electron chi connectivity index (χ1n) is 7.41. The third kappa shape index (κ3) is 29.2. The van der Waals surface area contributed by atoms with Crippen molar-refractivity contribution in [2.24, 2.45) is 0 Å². The molecular weight excluding hydrogens is 393 g/mol. The van der Waals surface area contributed by atoms with E-state index in [0.29, 0.717) is 8.77 Å². The molecule has 0 N–H and O–H groups in total. The summed E-state index contributed by atoms with van der Waals surface area (Å²) in [5, 5.41) is 0. The number of ether oxygens (including phenoxy) is 2. The Morgan fingerprint density at radius 2 is 1.05 bits per heavy atom. The number of hydrogen-bond acceptors (Lipinski definition) is 8. The van der Waals surface area contributed by atoms with Crippen molar-refractivity contribution in [2.45, 2.75) is 53.4 Å². The summed E-state index contributed by atoms with van der Waals surface area (Å²) in [5.74, 6) is 2.14. The molecule has 134 valence electrons. The summed E-state index contributed by atoms with van der Waals surface area (Å²) in [7, 11) is 0. The van der Waals surface area contributed by atoms with E-state index in [1.54, 1.807) is 23.5 Å². The van der Waals surface area contributed by atoms with Crippen LogP contribution in [0.3, 0.4) is 0 Å². The molecule has 0 aliphatic carbocycles. The SMILES string of the molecule is CCCOC(=S)SCCC.CCCOC(=S)SCCC.SS. The van der Waals surface area contributed by atoms with Gasteiger partial charge in [0.05, 0.1) is 13.2 Å². The van der Waals surface area contributed by atoms with E-state index in [1.165, 1.54) is 0 Å². The first kappa shape index (κ1) is 28.0. The molecule has 8 heteroatoms. The third-order valence-electron chi connectivity index (χ3n) is 1.70. The molecule has 0 aromatic carbocycles. The van der Waals surface area contributed by atoms with Crippen molar-refractivity contribution in [3.05, 3.63) is 0 Å². The molecule has 0 fully saturated rings. The van der Waals surface area contributed by atoms with Gasteiger partial charge in [0.15, 0.2) is 0 Å². The Hall–Kier alpha value is 1.18. The van der Waals surface area contributed by atoms with Gasteiger partial charge in [-0.25, -0.2) is 0 Å². The van der Waals surface area contributed by atoms with E-state index < -0.39 is 0 Å². The summed E-state index contributed by atoms with van der Waals surface area (Å²) in [4.78, 5) is 0. The molecule has 0 saturated carbocycles. The third-order valence-corrected chi connectivity index (χ3v) is 4.57. The highest BCUT2D eigenvalue weighted by Gasteiger charge is 1.95. The van der Waals surface area contributed by atoms with Gasteiger partial charge in [0.2, 0.25) is 8.77 Å². The molecule has 2 nitrogen and oxygen atoms in total. The highest BCUT2D eigenvalue weighted by Crippen LogP contribution is 2.07. The Balaban J connectivity index is -0.000000294. The van der Waals surface area contributed by atoms with Gasteiger partial charge in [-0.2, -0.15) is 0 Å². The topological polar surface area (TPSA) is 18.5 Å². The average Bonchev–Trinajstić information content (AvgIpc) is 2.56. The van der Waals surface area contributed by atoms with Crippen LogP contribution in [0.1, 0.15) is 53.4 Å². The average molecular weight is 423 g/mol. The van der Waals surface area contributed by atoms with Gasteiger partial charge in [0, 0.05) is 11.5 Å². The molecule has 0 saturated heterocycles. The van der Waals surface area contributed by atoms with Crippen LogP contribution < -0.4 is 0 Å². The first-order valence-corrected chi connectivity index (χ1v) is 11.8. The number of thiocarbonyl (C=S) groups is 2. The summed E-state index contributed by atoms with van der Waals surface area (Å²) in [6.07, 6.45) is 4.38. The summed E-state index contributed by atoms with van der Waals surface area (Å²) in [5.41, 5.74) is 0. The Morgan fingerprint density at radius 1 is 0.727 bits per heavy atom. The minimum atomic E-state index is 0.698. The van der Waals surface area contributed by atoms with Gasteiger partial charge in [0.1, 0.15) is 0 Å². The highest BCUT2D eigenvalue weighted by molar-refractivity contribution is 8.59. The van der Waals surface area contributed by atoms with E-state index in [1.807, 2.05) is 0 Å². The fourth-order valence-electron chi connectivity index (χ4n) is 0.825. The fraction of sp³-hybridized carbons (Fsp3) is 0.857. The number of rotatable bonds is 8. The second-order valence-corrected chi connectivity index (χ2v) is 7.29. The smallest absolute Gasteiger partial charge is 0.219 e. The number of hydrogen-bond donors (Lipinski definition) is 2. The zero-order chi connectivity index (χ0) is 17.6. The zero-order valence-electron chi connectivity index (χ0n) is 14.0. The van der Waals surface area contributed by atoms with Crippen molar-refractivity contribution in [1.82, 2.24) is 0 Å². The van der Waals surface area contributed by atoms with Crippen molar-refractivity contribution < 1.29 is 9.47 Å². The van der Waals surface area contributed by atoms with Crippen molar-refractivity contribution in [3.8, 4) is 0 Å². The van der Waals surface area contributed by atoms with Gasteiger partial charge in [-0.05, 0) is 50.1 Å². The number of thiol groups is 2. The Bertz CT molecular complexity index is 195. The normalized spacial score (nSPS) is 8.82. The van der Waals surface area contributed by atoms with E-state index >= 15 is 0 Å². The lowest BCUT2D eigenvalue weighted by Crippen LogP contribution is -1.98. The van der Waals surface area contributed by atoms with Crippen LogP contribution in [-0.2, 0) is 9.47 Å². The second kappa shape index (κ2) is 27.0. The lowest BCUT2D eigenvalue weighted by atomic mass is 10.5. The van der Waals surface area contributed by atoms with Crippen molar-refractivity contribution >= 4 is 80.0 Å². The monoisotopic (exact) mass is 422 g/mol. The Kier molecular flexibility index (Phi) is 34.4. The molecule has 0 aromatic heterocycles. The molecule has 0 spiro atoms. The zero-order valence-corrected chi connectivity index (χ0v) is 19.1. The molecule has 0 aromatic rings. The van der Waals surface area contributed by atoms with Gasteiger partial charge in [-0.1, -0.05) is 51.2 Å². The van der Waals surface area contributed by atoms with Gasteiger partial charge in [-0.3, -0.25) is 0 Å². The fourth-order valence-corrected chi connectivity index (χ4v) is 2.57. The molecule has 22 heavy (non-hydrogen) atoms. The van der Waals surface area contributed by atoms with Crippen LogP contribution in [0.25, 0.3) is 0 Å². The van der Waals surface area contributed by atoms with E-state index in [-0.39, 0.29) is 0 Å². The van der Waals surface area contributed by atoms with Crippen molar-refractivity contribution in [1.29, 1.82) is 0 Å². The van der Waals surface area contributed by atoms with Crippen LogP contribution in [0.15, 0.2) is 0 Å². The molecule has 0 rings (SSSR count). The standard InChI is InChI=1S/2C7H14OS2.H2S2/c2*1-3-5-8-7(9)10-6-4-2;1-2/h2*3-6H2,1-2H3;1-2H. The maximum atomic E-state index is 5.19.